The smallest absolute Gasteiger partial charge is 0.129 e. The van der Waals surface area contributed by atoms with Gasteiger partial charge in [0.2, 0.25) is 0 Å². The highest BCUT2D eigenvalue weighted by atomic mass is 16.5. The maximum atomic E-state index is 5.78. The minimum Gasteiger partial charge on any atom is -0.496 e. The molecule has 0 aliphatic carbocycles. The van der Waals surface area contributed by atoms with E-state index in [1.165, 1.54) is 22.0 Å². The number of nitrogens with zero attached hydrogens (tertiary/aromatic N) is 2. The summed E-state index contributed by atoms with van der Waals surface area (Å²) in [5.74, 6) is 1.38. The average molecular weight is 401 g/mol. The summed E-state index contributed by atoms with van der Waals surface area (Å²) in [5, 5.41) is 2.44. The van der Waals surface area contributed by atoms with Gasteiger partial charge in [-0.05, 0) is 67.1 Å². The average Bonchev–Trinajstić information content (AvgIpc) is 2.74. The van der Waals surface area contributed by atoms with Crippen molar-refractivity contribution >= 4 is 28.4 Å². The van der Waals surface area contributed by atoms with Gasteiger partial charge in [0.15, 0.2) is 0 Å². The van der Waals surface area contributed by atoms with E-state index in [0.29, 0.717) is 5.92 Å². The monoisotopic (exact) mass is 400 g/mol. The van der Waals surface area contributed by atoms with E-state index < -0.39 is 0 Å². The number of methoxy groups -OCH3 is 1. The molecule has 0 N–H and O–H groups in total. The lowest BCUT2D eigenvalue weighted by atomic mass is 9.79. The molecule has 0 saturated carbocycles. The minimum absolute atomic E-state index is 0.147. The Morgan fingerprint density at radius 1 is 1.10 bits per heavy atom. The van der Waals surface area contributed by atoms with Crippen LogP contribution < -0.4 is 9.64 Å². The molecule has 1 unspecified atom stereocenters. The first kappa shape index (κ1) is 20.5. The highest BCUT2D eigenvalue weighted by Gasteiger charge is 2.36. The Morgan fingerprint density at radius 3 is 2.60 bits per heavy atom. The second-order valence-electron chi connectivity index (χ2n) is 9.01. The van der Waals surface area contributed by atoms with E-state index in [1.807, 2.05) is 6.21 Å². The van der Waals surface area contributed by atoms with Crippen molar-refractivity contribution < 1.29 is 4.74 Å². The molecule has 1 atom stereocenters. The predicted molar refractivity (Wildman–Crippen MR) is 129 cm³/mol. The molecule has 0 bridgehead atoms. The Labute approximate surface area is 180 Å². The maximum absolute atomic E-state index is 5.78. The molecule has 3 aromatic carbocycles. The van der Waals surface area contributed by atoms with Crippen molar-refractivity contribution in [3.8, 4) is 5.75 Å². The number of benzene rings is 3. The lowest BCUT2D eigenvalue weighted by Gasteiger charge is -2.47. The van der Waals surface area contributed by atoms with Gasteiger partial charge in [0.25, 0.3) is 0 Å². The molecule has 1 heterocycles. The molecular weight excluding hydrogens is 368 g/mol. The second kappa shape index (κ2) is 8.14. The van der Waals surface area contributed by atoms with E-state index in [4.69, 9.17) is 9.73 Å². The molecule has 0 spiro atoms. The van der Waals surface area contributed by atoms with Crippen molar-refractivity contribution in [3.05, 3.63) is 65.7 Å². The zero-order chi connectivity index (χ0) is 21.3. The first-order chi connectivity index (χ1) is 14.4. The standard InChI is InChI=1S/C27H32N2O/c1-6-13-29-25-16-26(30-5)22(15-24(25)19(2)17-27(29,3)4)18-28-23-12-11-20-9-7-8-10-21(20)14-23/h7-12,14-16,18-19H,6,13,17H2,1-5H3. The lowest BCUT2D eigenvalue weighted by Crippen LogP contribution is -2.48. The molecule has 0 amide bonds. The van der Waals surface area contributed by atoms with Crippen LogP contribution in [0.2, 0.25) is 0 Å². The Bertz CT molecular complexity index is 1080. The topological polar surface area (TPSA) is 24.8 Å². The summed E-state index contributed by atoms with van der Waals surface area (Å²) in [6.07, 6.45) is 4.22. The Hall–Kier alpha value is -2.81. The highest BCUT2D eigenvalue weighted by Crippen LogP contribution is 2.45. The van der Waals surface area contributed by atoms with Gasteiger partial charge in [-0.1, -0.05) is 44.2 Å². The van der Waals surface area contributed by atoms with Gasteiger partial charge in [-0.15, -0.1) is 0 Å². The molecule has 0 radical (unpaired) electrons. The van der Waals surface area contributed by atoms with Crippen molar-refractivity contribution in [2.45, 2.75) is 52.0 Å². The van der Waals surface area contributed by atoms with Crippen molar-refractivity contribution in [2.24, 2.45) is 4.99 Å². The van der Waals surface area contributed by atoms with Crippen LogP contribution in [-0.2, 0) is 0 Å². The number of rotatable bonds is 5. The largest absolute Gasteiger partial charge is 0.496 e. The van der Waals surface area contributed by atoms with Crippen molar-refractivity contribution in [1.82, 2.24) is 0 Å². The van der Waals surface area contributed by atoms with Crippen LogP contribution in [0, 0.1) is 0 Å². The highest BCUT2D eigenvalue weighted by molar-refractivity contribution is 5.90. The van der Waals surface area contributed by atoms with Gasteiger partial charge in [-0.25, -0.2) is 0 Å². The summed E-state index contributed by atoms with van der Waals surface area (Å²) in [7, 11) is 1.75. The van der Waals surface area contributed by atoms with Crippen molar-refractivity contribution in [3.63, 3.8) is 0 Å². The van der Waals surface area contributed by atoms with Crippen LogP contribution in [0.4, 0.5) is 11.4 Å². The van der Waals surface area contributed by atoms with Gasteiger partial charge < -0.3 is 9.64 Å². The summed E-state index contributed by atoms with van der Waals surface area (Å²) in [4.78, 5) is 7.33. The number of anilines is 1. The third kappa shape index (κ3) is 3.81. The molecule has 3 aromatic rings. The van der Waals surface area contributed by atoms with Crippen LogP contribution in [-0.4, -0.2) is 25.4 Å². The molecule has 1 aliphatic heterocycles. The van der Waals surface area contributed by atoms with Crippen molar-refractivity contribution in [1.29, 1.82) is 0 Å². The van der Waals surface area contributed by atoms with Gasteiger partial charge in [0.05, 0.1) is 12.8 Å². The fourth-order valence-corrected chi connectivity index (χ4v) is 4.85. The van der Waals surface area contributed by atoms with Crippen LogP contribution in [0.1, 0.15) is 57.6 Å². The first-order valence-electron chi connectivity index (χ1n) is 11.0. The van der Waals surface area contributed by atoms with Crippen LogP contribution in [0.3, 0.4) is 0 Å². The number of aliphatic imine (C=N–C) groups is 1. The zero-order valence-electron chi connectivity index (χ0n) is 18.8. The minimum atomic E-state index is 0.147. The van der Waals surface area contributed by atoms with Gasteiger partial charge in [0, 0.05) is 35.6 Å². The van der Waals surface area contributed by atoms with E-state index in [1.54, 1.807) is 7.11 Å². The zero-order valence-corrected chi connectivity index (χ0v) is 18.8. The van der Waals surface area contributed by atoms with E-state index in [-0.39, 0.29) is 5.54 Å². The van der Waals surface area contributed by atoms with Gasteiger partial charge in [-0.3, -0.25) is 4.99 Å². The fraction of sp³-hybridized carbons (Fsp3) is 0.370. The number of hydrogen-bond acceptors (Lipinski definition) is 3. The Kier molecular flexibility index (Phi) is 5.55. The van der Waals surface area contributed by atoms with Crippen LogP contribution in [0.5, 0.6) is 5.75 Å². The van der Waals surface area contributed by atoms with Gasteiger partial charge >= 0.3 is 0 Å². The molecule has 4 rings (SSSR count). The Morgan fingerprint density at radius 2 is 1.87 bits per heavy atom. The number of ether oxygens (including phenoxy) is 1. The van der Waals surface area contributed by atoms with Gasteiger partial charge in [0.1, 0.15) is 5.75 Å². The summed E-state index contributed by atoms with van der Waals surface area (Å²) in [6, 6.07) is 19.2. The van der Waals surface area contributed by atoms with E-state index in [2.05, 4.69) is 87.2 Å². The van der Waals surface area contributed by atoms with Crippen molar-refractivity contribution in [2.75, 3.05) is 18.6 Å². The second-order valence-corrected chi connectivity index (χ2v) is 9.01. The van der Waals surface area contributed by atoms with E-state index in [9.17, 15) is 0 Å². The number of fused-ring (bicyclic) bond motifs is 2. The van der Waals surface area contributed by atoms with E-state index in [0.717, 1.165) is 36.4 Å². The molecule has 0 saturated heterocycles. The molecule has 3 heteroatoms. The fourth-order valence-electron chi connectivity index (χ4n) is 4.85. The first-order valence-corrected chi connectivity index (χ1v) is 11.0. The summed E-state index contributed by atoms with van der Waals surface area (Å²) < 4.78 is 5.78. The predicted octanol–water partition coefficient (Wildman–Crippen LogP) is 7.10. The quantitative estimate of drug-likeness (QED) is 0.427. The molecular formula is C27H32N2O. The van der Waals surface area contributed by atoms with Gasteiger partial charge in [-0.2, -0.15) is 0 Å². The maximum Gasteiger partial charge on any atom is 0.129 e. The van der Waals surface area contributed by atoms with Crippen LogP contribution in [0.25, 0.3) is 10.8 Å². The summed E-state index contributed by atoms with van der Waals surface area (Å²) in [5.41, 5.74) is 4.83. The van der Waals surface area contributed by atoms with Crippen LogP contribution in [0.15, 0.2) is 59.6 Å². The molecule has 156 valence electrons. The SMILES string of the molecule is CCCN1c2cc(OC)c(C=Nc3ccc4ccccc4c3)cc2C(C)CC1(C)C. The summed E-state index contributed by atoms with van der Waals surface area (Å²) in [6.45, 7) is 10.3. The van der Waals surface area contributed by atoms with E-state index >= 15 is 0 Å². The molecule has 3 nitrogen and oxygen atoms in total. The Balaban J connectivity index is 1.73. The third-order valence-electron chi connectivity index (χ3n) is 6.27. The molecule has 0 fully saturated rings. The molecule has 1 aliphatic rings. The molecule has 0 aromatic heterocycles. The molecule has 30 heavy (non-hydrogen) atoms. The summed E-state index contributed by atoms with van der Waals surface area (Å²) >= 11 is 0. The third-order valence-corrected chi connectivity index (χ3v) is 6.27. The lowest BCUT2D eigenvalue weighted by molar-refractivity contribution is 0.372. The number of hydrogen-bond donors (Lipinski definition) is 0. The van der Waals surface area contributed by atoms with Crippen LogP contribution >= 0.6 is 0 Å². The normalized spacial score (nSPS) is 18.0.